The Morgan fingerprint density at radius 3 is 2.48 bits per heavy atom. The molecule has 164 valence electrons. The van der Waals surface area contributed by atoms with Crippen LogP contribution < -0.4 is 5.32 Å². The minimum Gasteiger partial charge on any atom is -0.415 e. The quantitative estimate of drug-likeness (QED) is 0.497. The van der Waals surface area contributed by atoms with Crippen LogP contribution in [0.15, 0.2) is 53.2 Å². The summed E-state index contributed by atoms with van der Waals surface area (Å²) in [4.78, 5) is 13.6. The van der Waals surface area contributed by atoms with Gasteiger partial charge in [-0.25, -0.2) is 4.98 Å². The first-order valence-corrected chi connectivity index (χ1v) is 10.8. The number of aryl methyl sites for hydroxylation is 1. The van der Waals surface area contributed by atoms with Crippen molar-refractivity contribution < 1.29 is 4.42 Å². The topological polar surface area (TPSA) is 113 Å². The number of nitrogens with zero attached hydrogens (tertiary/aromatic N) is 6. The molecule has 4 aromatic rings. The van der Waals surface area contributed by atoms with E-state index in [9.17, 15) is 5.26 Å². The Morgan fingerprint density at radius 2 is 1.79 bits per heavy atom. The number of nitrogens with one attached hydrogen (secondary N) is 1. The second kappa shape index (κ2) is 8.19. The maximum Gasteiger partial charge on any atom is 0.268 e. The number of nitriles is 1. The van der Waals surface area contributed by atoms with E-state index in [0.717, 1.165) is 24.2 Å². The van der Waals surface area contributed by atoms with Crippen LogP contribution in [0.5, 0.6) is 0 Å². The predicted molar refractivity (Wildman–Crippen MR) is 123 cm³/mol. The van der Waals surface area contributed by atoms with Crippen LogP contribution in [-0.2, 0) is 5.41 Å². The largest absolute Gasteiger partial charge is 0.415 e. The van der Waals surface area contributed by atoms with Crippen LogP contribution in [0.2, 0.25) is 0 Å². The standard InChI is InChI=1S/C25H23N7O/c1-15-22(30-20(13-29-15)18-8-9-28-21(10-18)25(2,3)14-26)24-32-31-23(33-24)17-6-4-16(5-7-17)19-11-27-12-19/h4-10,13,19,27H,11-12H2,1-3H3. The van der Waals surface area contributed by atoms with Crippen LogP contribution in [0.1, 0.15) is 36.7 Å². The van der Waals surface area contributed by atoms with Gasteiger partial charge in [0.1, 0.15) is 5.69 Å². The SMILES string of the molecule is Cc1ncc(-c2ccnc(C(C)(C)C#N)c2)nc1-c1nnc(-c2ccc(C3CNC3)cc2)o1. The molecule has 0 saturated carbocycles. The normalized spacial score (nSPS) is 14.0. The summed E-state index contributed by atoms with van der Waals surface area (Å²) in [5.41, 5.74) is 4.82. The van der Waals surface area contributed by atoms with Gasteiger partial charge in [0.2, 0.25) is 5.89 Å². The first-order chi connectivity index (χ1) is 15.9. The zero-order valence-electron chi connectivity index (χ0n) is 18.7. The molecule has 0 radical (unpaired) electrons. The van der Waals surface area contributed by atoms with E-state index >= 15 is 0 Å². The summed E-state index contributed by atoms with van der Waals surface area (Å²) < 4.78 is 5.97. The molecule has 0 amide bonds. The number of hydrogen-bond donors (Lipinski definition) is 1. The number of pyridine rings is 1. The molecule has 0 spiro atoms. The Kier molecular flexibility index (Phi) is 5.19. The molecule has 1 aliphatic rings. The smallest absolute Gasteiger partial charge is 0.268 e. The molecule has 5 rings (SSSR count). The first-order valence-electron chi connectivity index (χ1n) is 10.8. The van der Waals surface area contributed by atoms with Crippen molar-refractivity contribution in [3.05, 3.63) is 65.7 Å². The van der Waals surface area contributed by atoms with E-state index in [2.05, 4.69) is 43.7 Å². The summed E-state index contributed by atoms with van der Waals surface area (Å²) in [6.45, 7) is 7.56. The van der Waals surface area contributed by atoms with Crippen molar-refractivity contribution in [2.75, 3.05) is 13.1 Å². The molecule has 0 atom stereocenters. The maximum atomic E-state index is 9.44. The van der Waals surface area contributed by atoms with E-state index < -0.39 is 5.41 Å². The number of hydrogen-bond acceptors (Lipinski definition) is 8. The average Bonchev–Trinajstić information content (AvgIpc) is 3.29. The van der Waals surface area contributed by atoms with Crippen LogP contribution in [0.25, 0.3) is 34.3 Å². The molecule has 8 nitrogen and oxygen atoms in total. The fourth-order valence-electron chi connectivity index (χ4n) is 3.64. The highest BCUT2D eigenvalue weighted by atomic mass is 16.4. The lowest BCUT2D eigenvalue weighted by atomic mass is 9.90. The number of rotatable bonds is 5. The molecule has 0 aliphatic carbocycles. The fourth-order valence-corrected chi connectivity index (χ4v) is 3.64. The van der Waals surface area contributed by atoms with Gasteiger partial charge in [-0.15, -0.1) is 10.2 Å². The minimum atomic E-state index is -0.705. The van der Waals surface area contributed by atoms with Crippen LogP contribution in [-0.4, -0.2) is 38.2 Å². The molecule has 1 aliphatic heterocycles. The lowest BCUT2D eigenvalue weighted by Gasteiger charge is -2.27. The van der Waals surface area contributed by atoms with Crippen molar-refractivity contribution in [3.63, 3.8) is 0 Å². The van der Waals surface area contributed by atoms with Gasteiger partial charge in [-0.05, 0) is 50.6 Å². The molecule has 4 heterocycles. The Bertz CT molecular complexity index is 1350. The van der Waals surface area contributed by atoms with Crippen molar-refractivity contribution >= 4 is 0 Å². The van der Waals surface area contributed by atoms with Crippen molar-refractivity contribution in [2.45, 2.75) is 32.1 Å². The van der Waals surface area contributed by atoms with Crippen LogP contribution in [0.3, 0.4) is 0 Å². The number of benzene rings is 1. The van der Waals surface area contributed by atoms with Gasteiger partial charge in [0.05, 0.1) is 34.8 Å². The van der Waals surface area contributed by atoms with E-state index in [1.54, 1.807) is 12.4 Å². The van der Waals surface area contributed by atoms with E-state index in [1.165, 1.54) is 5.56 Å². The van der Waals surface area contributed by atoms with E-state index in [1.807, 2.05) is 45.0 Å². The van der Waals surface area contributed by atoms with Crippen molar-refractivity contribution in [3.8, 4) is 40.4 Å². The summed E-state index contributed by atoms with van der Waals surface area (Å²) in [7, 11) is 0. The van der Waals surface area contributed by atoms with Gasteiger partial charge in [0, 0.05) is 36.3 Å². The number of aromatic nitrogens is 5. The lowest BCUT2D eigenvalue weighted by Crippen LogP contribution is -2.39. The van der Waals surface area contributed by atoms with E-state index in [0.29, 0.717) is 40.5 Å². The third-order valence-corrected chi connectivity index (χ3v) is 5.97. The highest BCUT2D eigenvalue weighted by Gasteiger charge is 2.23. The zero-order chi connectivity index (χ0) is 23.0. The summed E-state index contributed by atoms with van der Waals surface area (Å²) >= 11 is 0. The molecular formula is C25H23N7O. The molecule has 8 heteroatoms. The summed E-state index contributed by atoms with van der Waals surface area (Å²) in [6, 6.07) is 14.2. The van der Waals surface area contributed by atoms with Crippen molar-refractivity contribution in [1.82, 2.24) is 30.5 Å². The third-order valence-electron chi connectivity index (χ3n) is 5.97. The van der Waals surface area contributed by atoms with Crippen molar-refractivity contribution in [2.24, 2.45) is 0 Å². The van der Waals surface area contributed by atoms with Crippen LogP contribution in [0.4, 0.5) is 0 Å². The van der Waals surface area contributed by atoms with Gasteiger partial charge in [-0.3, -0.25) is 9.97 Å². The second-order valence-electron chi connectivity index (χ2n) is 8.75. The molecule has 1 aromatic carbocycles. The molecule has 1 fully saturated rings. The van der Waals surface area contributed by atoms with Gasteiger partial charge in [-0.1, -0.05) is 12.1 Å². The van der Waals surface area contributed by atoms with E-state index in [-0.39, 0.29) is 0 Å². The lowest BCUT2D eigenvalue weighted by molar-refractivity contribution is 0.448. The second-order valence-corrected chi connectivity index (χ2v) is 8.75. The Hall–Kier alpha value is -3.96. The Labute approximate surface area is 191 Å². The highest BCUT2D eigenvalue weighted by molar-refractivity contribution is 5.64. The summed E-state index contributed by atoms with van der Waals surface area (Å²) in [5.74, 6) is 1.33. The molecule has 1 saturated heterocycles. The first kappa shape index (κ1) is 20.9. The molecular weight excluding hydrogens is 414 g/mol. The molecule has 0 unspecified atom stereocenters. The molecule has 0 bridgehead atoms. The van der Waals surface area contributed by atoms with E-state index in [4.69, 9.17) is 9.40 Å². The Balaban J connectivity index is 1.45. The zero-order valence-corrected chi connectivity index (χ0v) is 18.7. The molecule has 33 heavy (non-hydrogen) atoms. The maximum absolute atomic E-state index is 9.44. The summed E-state index contributed by atoms with van der Waals surface area (Å²) in [5, 5.41) is 21.2. The van der Waals surface area contributed by atoms with Gasteiger partial charge in [0.15, 0.2) is 0 Å². The third kappa shape index (κ3) is 3.99. The van der Waals surface area contributed by atoms with Gasteiger partial charge >= 0.3 is 0 Å². The minimum absolute atomic E-state index is 0.316. The van der Waals surface area contributed by atoms with Gasteiger partial charge in [-0.2, -0.15) is 5.26 Å². The monoisotopic (exact) mass is 437 g/mol. The van der Waals surface area contributed by atoms with Crippen molar-refractivity contribution in [1.29, 1.82) is 5.26 Å². The van der Waals surface area contributed by atoms with Crippen LogP contribution in [0, 0.1) is 18.3 Å². The van der Waals surface area contributed by atoms with Gasteiger partial charge < -0.3 is 9.73 Å². The van der Waals surface area contributed by atoms with Crippen LogP contribution >= 0.6 is 0 Å². The fraction of sp³-hybridized carbons (Fsp3) is 0.280. The Morgan fingerprint density at radius 1 is 1.03 bits per heavy atom. The molecule has 3 aromatic heterocycles. The summed E-state index contributed by atoms with van der Waals surface area (Å²) in [6.07, 6.45) is 3.38. The predicted octanol–water partition coefficient (Wildman–Crippen LogP) is 4.05. The average molecular weight is 438 g/mol. The van der Waals surface area contributed by atoms with Gasteiger partial charge in [0.25, 0.3) is 5.89 Å². The highest BCUT2D eigenvalue weighted by Crippen LogP contribution is 2.29. The molecule has 1 N–H and O–H groups in total.